The van der Waals surface area contributed by atoms with Gasteiger partial charge in [-0.2, -0.15) is 0 Å². The molecule has 0 aromatic carbocycles. The van der Waals surface area contributed by atoms with Crippen molar-refractivity contribution < 1.29 is 19.4 Å². The van der Waals surface area contributed by atoms with E-state index in [0.717, 1.165) is 0 Å². The summed E-state index contributed by atoms with van der Waals surface area (Å²) in [7, 11) is 1.57. The number of amides is 1. The van der Waals surface area contributed by atoms with Crippen molar-refractivity contribution in [2.24, 2.45) is 0 Å². The predicted octanol–water partition coefficient (Wildman–Crippen LogP) is 0.391. The average molecular weight is 203 g/mol. The zero-order valence-electron chi connectivity index (χ0n) is 8.74. The van der Waals surface area contributed by atoms with Gasteiger partial charge in [0.05, 0.1) is 6.10 Å². The molecule has 2 atom stereocenters. The maximum atomic E-state index is 11.1. The second-order valence-corrected chi connectivity index (χ2v) is 3.21. The second-order valence-electron chi connectivity index (χ2n) is 3.21. The Labute approximate surface area is 83.4 Å². The maximum absolute atomic E-state index is 11.1. The number of carboxylic acids is 1. The first-order valence-corrected chi connectivity index (χ1v) is 4.52. The number of hydrogen-bond donors (Lipinski definition) is 2. The van der Waals surface area contributed by atoms with Crippen LogP contribution in [0.15, 0.2) is 0 Å². The van der Waals surface area contributed by atoms with Crippen LogP contribution in [0.2, 0.25) is 0 Å². The highest BCUT2D eigenvalue weighted by Crippen LogP contribution is 1.99. The molecular formula is C9H17NO4. The van der Waals surface area contributed by atoms with Gasteiger partial charge >= 0.3 is 5.97 Å². The molecule has 0 aliphatic rings. The Bertz CT molecular complexity index is 205. The fourth-order valence-corrected chi connectivity index (χ4v) is 0.828. The lowest BCUT2D eigenvalue weighted by molar-refractivity contribution is -0.141. The van der Waals surface area contributed by atoms with E-state index < -0.39 is 12.0 Å². The number of aliphatic carboxylic acids is 1. The van der Waals surface area contributed by atoms with Crippen LogP contribution in [-0.2, 0) is 14.3 Å². The number of hydrogen-bond acceptors (Lipinski definition) is 3. The van der Waals surface area contributed by atoms with E-state index in [1.165, 1.54) is 6.92 Å². The molecule has 0 aliphatic carbocycles. The number of nitrogens with one attached hydrogen (secondary N) is 1. The monoisotopic (exact) mass is 203 g/mol. The summed E-state index contributed by atoms with van der Waals surface area (Å²) >= 11 is 0. The third-order valence-electron chi connectivity index (χ3n) is 1.93. The molecule has 0 heterocycles. The molecule has 1 amide bonds. The summed E-state index contributed by atoms with van der Waals surface area (Å²) < 4.78 is 4.96. The van der Waals surface area contributed by atoms with Crippen molar-refractivity contribution in [3.8, 4) is 0 Å². The van der Waals surface area contributed by atoms with Gasteiger partial charge in [-0.05, 0) is 20.3 Å². The van der Waals surface area contributed by atoms with E-state index in [1.807, 2.05) is 6.92 Å². The normalized spacial score (nSPS) is 14.5. The highest BCUT2D eigenvalue weighted by molar-refractivity contribution is 5.83. The highest BCUT2D eigenvalue weighted by atomic mass is 16.5. The zero-order valence-corrected chi connectivity index (χ0v) is 8.74. The summed E-state index contributed by atoms with van der Waals surface area (Å²) in [5.74, 6) is -1.29. The molecule has 0 aromatic heterocycles. The van der Waals surface area contributed by atoms with Crippen molar-refractivity contribution in [1.29, 1.82) is 0 Å². The van der Waals surface area contributed by atoms with Gasteiger partial charge in [0.2, 0.25) is 5.91 Å². The highest BCUT2D eigenvalue weighted by Gasteiger charge is 2.14. The summed E-state index contributed by atoms with van der Waals surface area (Å²) in [4.78, 5) is 21.5. The number of ether oxygens (including phenoxy) is 1. The molecule has 14 heavy (non-hydrogen) atoms. The molecule has 0 spiro atoms. The predicted molar refractivity (Wildman–Crippen MR) is 50.9 cm³/mol. The van der Waals surface area contributed by atoms with Crippen LogP contribution < -0.4 is 5.32 Å². The smallest absolute Gasteiger partial charge is 0.325 e. The minimum absolute atomic E-state index is 0.0147. The molecule has 2 unspecified atom stereocenters. The van der Waals surface area contributed by atoms with Crippen LogP contribution in [0.25, 0.3) is 0 Å². The standard InChI is InChI=1S/C9H17NO4/c1-6(14-3)4-5-8(11)10-7(2)9(12)13/h6-7H,4-5H2,1-3H3,(H,10,11)(H,12,13). The van der Waals surface area contributed by atoms with Gasteiger partial charge in [-0.15, -0.1) is 0 Å². The summed E-state index contributed by atoms with van der Waals surface area (Å²) in [5, 5.41) is 10.9. The van der Waals surface area contributed by atoms with Crippen LogP contribution in [0.4, 0.5) is 0 Å². The average Bonchev–Trinajstić information content (AvgIpc) is 2.13. The van der Waals surface area contributed by atoms with Gasteiger partial charge in [0.1, 0.15) is 6.04 Å². The Kier molecular flexibility index (Phi) is 5.87. The quantitative estimate of drug-likeness (QED) is 0.654. The molecule has 82 valence electrons. The SMILES string of the molecule is COC(C)CCC(=O)NC(C)C(=O)O. The van der Waals surface area contributed by atoms with E-state index in [0.29, 0.717) is 6.42 Å². The van der Waals surface area contributed by atoms with Crippen LogP contribution >= 0.6 is 0 Å². The Morgan fingerprint density at radius 2 is 2.00 bits per heavy atom. The summed E-state index contributed by atoms with van der Waals surface area (Å²) in [6.07, 6.45) is 0.891. The van der Waals surface area contributed by atoms with E-state index in [9.17, 15) is 9.59 Å². The van der Waals surface area contributed by atoms with Crippen molar-refractivity contribution in [3.05, 3.63) is 0 Å². The molecule has 0 radical (unpaired) electrons. The van der Waals surface area contributed by atoms with Crippen LogP contribution in [0.3, 0.4) is 0 Å². The van der Waals surface area contributed by atoms with Crippen molar-refractivity contribution in [2.45, 2.75) is 38.8 Å². The van der Waals surface area contributed by atoms with Gasteiger partial charge in [0.25, 0.3) is 0 Å². The summed E-state index contributed by atoms with van der Waals surface area (Å²) in [6.45, 7) is 3.29. The number of methoxy groups -OCH3 is 1. The minimum Gasteiger partial charge on any atom is -0.480 e. The third kappa shape index (κ3) is 5.53. The van der Waals surface area contributed by atoms with Crippen LogP contribution in [0.5, 0.6) is 0 Å². The molecule has 0 fully saturated rings. The molecule has 0 aromatic rings. The van der Waals surface area contributed by atoms with Crippen LogP contribution in [-0.4, -0.2) is 36.2 Å². The first-order valence-electron chi connectivity index (χ1n) is 4.52. The third-order valence-corrected chi connectivity index (χ3v) is 1.93. The lowest BCUT2D eigenvalue weighted by Gasteiger charge is -2.11. The van der Waals surface area contributed by atoms with Crippen molar-refractivity contribution in [1.82, 2.24) is 5.32 Å². The van der Waals surface area contributed by atoms with Crippen molar-refractivity contribution in [2.75, 3.05) is 7.11 Å². The Morgan fingerprint density at radius 1 is 1.43 bits per heavy atom. The molecule has 0 saturated heterocycles. The van der Waals surface area contributed by atoms with E-state index in [1.54, 1.807) is 7.11 Å². The lowest BCUT2D eigenvalue weighted by atomic mass is 10.2. The Morgan fingerprint density at radius 3 is 2.43 bits per heavy atom. The first-order chi connectivity index (χ1) is 6.47. The largest absolute Gasteiger partial charge is 0.480 e. The first kappa shape index (κ1) is 12.9. The van der Waals surface area contributed by atoms with Gasteiger partial charge in [0.15, 0.2) is 0 Å². The topological polar surface area (TPSA) is 75.6 Å². The van der Waals surface area contributed by atoms with Crippen molar-refractivity contribution >= 4 is 11.9 Å². The maximum Gasteiger partial charge on any atom is 0.325 e. The number of carbonyl (C=O) groups is 2. The molecule has 0 bridgehead atoms. The Hall–Kier alpha value is -1.10. The summed E-state index contributed by atoms with van der Waals surface area (Å²) in [5.41, 5.74) is 0. The molecule has 2 N–H and O–H groups in total. The fourth-order valence-electron chi connectivity index (χ4n) is 0.828. The van der Waals surface area contributed by atoms with Gasteiger partial charge < -0.3 is 15.2 Å². The molecular weight excluding hydrogens is 186 g/mol. The minimum atomic E-state index is -1.03. The molecule has 0 aliphatic heterocycles. The molecule has 5 heteroatoms. The second kappa shape index (κ2) is 6.37. The lowest BCUT2D eigenvalue weighted by Crippen LogP contribution is -2.38. The van der Waals surface area contributed by atoms with Crippen molar-refractivity contribution in [3.63, 3.8) is 0 Å². The van der Waals surface area contributed by atoms with Gasteiger partial charge in [0, 0.05) is 13.5 Å². The van der Waals surface area contributed by atoms with Crippen LogP contribution in [0, 0.1) is 0 Å². The number of rotatable bonds is 6. The molecule has 5 nitrogen and oxygen atoms in total. The van der Waals surface area contributed by atoms with E-state index >= 15 is 0 Å². The fraction of sp³-hybridized carbons (Fsp3) is 0.778. The molecule has 0 saturated carbocycles. The van der Waals surface area contributed by atoms with E-state index in [-0.39, 0.29) is 18.4 Å². The number of carboxylic acid groups (broad SMARTS) is 1. The molecule has 0 rings (SSSR count). The van der Waals surface area contributed by atoms with E-state index in [2.05, 4.69) is 5.32 Å². The van der Waals surface area contributed by atoms with Gasteiger partial charge in [-0.3, -0.25) is 9.59 Å². The number of carbonyl (C=O) groups excluding carboxylic acids is 1. The summed E-state index contributed by atoms with van der Waals surface area (Å²) in [6, 6.07) is -0.833. The van der Waals surface area contributed by atoms with Gasteiger partial charge in [-0.25, -0.2) is 0 Å². The van der Waals surface area contributed by atoms with Gasteiger partial charge in [-0.1, -0.05) is 0 Å². The zero-order chi connectivity index (χ0) is 11.1. The van der Waals surface area contributed by atoms with E-state index in [4.69, 9.17) is 9.84 Å². The Balaban J connectivity index is 3.71. The van der Waals surface area contributed by atoms with Crippen LogP contribution in [0.1, 0.15) is 26.7 Å².